The van der Waals surface area contributed by atoms with Crippen molar-refractivity contribution in [3.63, 3.8) is 0 Å². The van der Waals surface area contributed by atoms with Gasteiger partial charge in [0.15, 0.2) is 5.11 Å². The topological polar surface area (TPSA) is 58.6 Å². The molecule has 2 amide bonds. The van der Waals surface area contributed by atoms with Gasteiger partial charge in [0.05, 0.1) is 5.69 Å². The van der Waals surface area contributed by atoms with E-state index in [1.807, 2.05) is 42.5 Å². The monoisotopic (exact) mass is 494 g/mol. The molecule has 1 heterocycles. The van der Waals surface area contributed by atoms with Crippen molar-refractivity contribution in [3.8, 4) is 22.6 Å². The maximum absolute atomic E-state index is 13.4. The number of ether oxygens (including phenoxy) is 1. The van der Waals surface area contributed by atoms with E-state index in [0.717, 1.165) is 11.1 Å². The SMILES string of the molecule is O=C1NC(=S)N(c2ccc(Oc3ccccc3)cc2)C(=O)C1=Cc1ccccc1-c1ccc(F)cc1. The van der Waals surface area contributed by atoms with E-state index in [1.54, 1.807) is 48.5 Å². The molecule has 1 N–H and O–H groups in total. The lowest BCUT2D eigenvalue weighted by Crippen LogP contribution is -2.54. The summed E-state index contributed by atoms with van der Waals surface area (Å²) in [5.74, 6) is -0.199. The number of benzene rings is 4. The lowest BCUT2D eigenvalue weighted by Gasteiger charge is -2.29. The fourth-order valence-corrected chi connectivity index (χ4v) is 4.13. The second-order valence-electron chi connectivity index (χ2n) is 7.96. The van der Waals surface area contributed by atoms with Gasteiger partial charge in [-0.1, -0.05) is 54.6 Å². The first kappa shape index (κ1) is 23.1. The second-order valence-corrected chi connectivity index (χ2v) is 8.35. The van der Waals surface area contributed by atoms with Crippen LogP contribution in [0.1, 0.15) is 5.56 Å². The maximum Gasteiger partial charge on any atom is 0.270 e. The van der Waals surface area contributed by atoms with E-state index < -0.39 is 11.8 Å². The summed E-state index contributed by atoms with van der Waals surface area (Å²) in [6.07, 6.45) is 1.53. The van der Waals surface area contributed by atoms with E-state index in [9.17, 15) is 14.0 Å². The van der Waals surface area contributed by atoms with Crippen molar-refractivity contribution in [1.29, 1.82) is 0 Å². The first-order valence-electron chi connectivity index (χ1n) is 11.1. The van der Waals surface area contributed by atoms with Crippen molar-refractivity contribution in [1.82, 2.24) is 5.32 Å². The highest BCUT2D eigenvalue weighted by Crippen LogP contribution is 2.29. The van der Waals surface area contributed by atoms with Crippen LogP contribution in [0.15, 0.2) is 109 Å². The Kier molecular flexibility index (Phi) is 6.38. The molecule has 0 bridgehead atoms. The van der Waals surface area contributed by atoms with E-state index in [-0.39, 0.29) is 16.5 Å². The average molecular weight is 495 g/mol. The van der Waals surface area contributed by atoms with Crippen LogP contribution in [0.2, 0.25) is 0 Å². The molecular weight excluding hydrogens is 475 g/mol. The molecule has 5 nitrogen and oxygen atoms in total. The van der Waals surface area contributed by atoms with Crippen LogP contribution in [0.4, 0.5) is 10.1 Å². The number of hydrogen-bond donors (Lipinski definition) is 1. The number of nitrogens with one attached hydrogen (secondary N) is 1. The molecule has 1 fully saturated rings. The Balaban J connectivity index is 1.45. The number of halogens is 1. The number of nitrogens with zero attached hydrogens (tertiary/aromatic N) is 1. The number of carbonyl (C=O) groups excluding carboxylic acids is 2. The largest absolute Gasteiger partial charge is 0.457 e. The highest BCUT2D eigenvalue weighted by atomic mass is 32.1. The number of amides is 2. The summed E-state index contributed by atoms with van der Waals surface area (Å²) in [6.45, 7) is 0. The molecule has 0 atom stereocenters. The summed E-state index contributed by atoms with van der Waals surface area (Å²) in [7, 11) is 0. The Labute approximate surface area is 212 Å². The van der Waals surface area contributed by atoms with Crippen LogP contribution in [0.3, 0.4) is 0 Å². The summed E-state index contributed by atoms with van der Waals surface area (Å²) >= 11 is 5.31. The predicted octanol–water partition coefficient (Wildman–Crippen LogP) is 6.12. The molecule has 0 spiro atoms. The van der Waals surface area contributed by atoms with E-state index in [1.165, 1.54) is 23.1 Å². The minimum Gasteiger partial charge on any atom is -0.457 e. The van der Waals surface area contributed by atoms with Crippen molar-refractivity contribution in [2.45, 2.75) is 0 Å². The van der Waals surface area contributed by atoms with Crippen molar-refractivity contribution in [2.75, 3.05) is 4.90 Å². The van der Waals surface area contributed by atoms with Crippen molar-refractivity contribution < 1.29 is 18.7 Å². The third-order valence-corrected chi connectivity index (χ3v) is 5.88. The molecular formula is C29H19FN2O3S. The van der Waals surface area contributed by atoms with Gasteiger partial charge in [-0.05, 0) is 83.5 Å². The standard InChI is InChI=1S/C29H19FN2O3S/c30-21-12-10-19(11-13-21)25-9-5-4-6-20(25)18-26-27(33)31-29(36)32(28(26)34)22-14-16-24(17-15-22)35-23-7-2-1-3-8-23/h1-18H,(H,31,33,36). The second kappa shape index (κ2) is 9.93. The van der Waals surface area contributed by atoms with Gasteiger partial charge in [-0.25, -0.2) is 4.39 Å². The number of rotatable bonds is 5. The number of para-hydroxylation sites is 1. The summed E-state index contributed by atoms with van der Waals surface area (Å²) < 4.78 is 19.2. The molecule has 0 aliphatic carbocycles. The molecule has 176 valence electrons. The van der Waals surface area contributed by atoms with E-state index >= 15 is 0 Å². The normalized spacial score (nSPS) is 14.6. The number of hydrogen-bond acceptors (Lipinski definition) is 4. The zero-order valence-corrected chi connectivity index (χ0v) is 19.7. The van der Waals surface area contributed by atoms with Crippen LogP contribution < -0.4 is 15.0 Å². The van der Waals surface area contributed by atoms with Gasteiger partial charge in [-0.2, -0.15) is 0 Å². The fraction of sp³-hybridized carbons (Fsp3) is 0. The molecule has 7 heteroatoms. The zero-order valence-electron chi connectivity index (χ0n) is 18.9. The molecule has 0 aromatic heterocycles. The molecule has 1 aliphatic heterocycles. The Hall–Kier alpha value is -4.62. The highest BCUT2D eigenvalue weighted by Gasteiger charge is 2.34. The van der Waals surface area contributed by atoms with Crippen molar-refractivity contribution in [2.24, 2.45) is 0 Å². The first-order chi connectivity index (χ1) is 17.5. The van der Waals surface area contributed by atoms with Gasteiger partial charge in [0.1, 0.15) is 22.9 Å². The first-order valence-corrected chi connectivity index (χ1v) is 11.5. The van der Waals surface area contributed by atoms with E-state index in [2.05, 4.69) is 5.32 Å². The fourth-order valence-electron chi connectivity index (χ4n) is 3.85. The summed E-state index contributed by atoms with van der Waals surface area (Å²) in [5, 5.41) is 2.59. The zero-order chi connectivity index (χ0) is 25.1. The summed E-state index contributed by atoms with van der Waals surface area (Å²) in [5.41, 5.74) is 2.58. The molecule has 1 aliphatic rings. The minimum atomic E-state index is -0.584. The van der Waals surface area contributed by atoms with Crippen LogP contribution in [0, 0.1) is 5.82 Å². The summed E-state index contributed by atoms with van der Waals surface area (Å²) in [4.78, 5) is 27.5. The highest BCUT2D eigenvalue weighted by molar-refractivity contribution is 7.80. The Morgan fingerprint density at radius 2 is 1.42 bits per heavy atom. The Morgan fingerprint density at radius 3 is 2.14 bits per heavy atom. The van der Waals surface area contributed by atoms with Gasteiger partial charge < -0.3 is 4.74 Å². The molecule has 5 rings (SSSR count). The van der Waals surface area contributed by atoms with E-state index in [0.29, 0.717) is 22.7 Å². The van der Waals surface area contributed by atoms with Crippen molar-refractivity contribution >= 4 is 40.9 Å². The smallest absolute Gasteiger partial charge is 0.270 e. The minimum absolute atomic E-state index is 0.00861. The number of thiocarbonyl (C=S) groups is 1. The van der Waals surface area contributed by atoms with Gasteiger partial charge in [0.25, 0.3) is 11.8 Å². The molecule has 0 unspecified atom stereocenters. The molecule has 0 saturated carbocycles. The van der Waals surface area contributed by atoms with Gasteiger partial charge in [-0.15, -0.1) is 0 Å². The number of carbonyl (C=O) groups is 2. The lowest BCUT2D eigenvalue weighted by molar-refractivity contribution is -0.122. The molecule has 36 heavy (non-hydrogen) atoms. The van der Waals surface area contributed by atoms with E-state index in [4.69, 9.17) is 17.0 Å². The molecule has 1 saturated heterocycles. The third-order valence-electron chi connectivity index (χ3n) is 5.59. The van der Waals surface area contributed by atoms with Crippen LogP contribution in [0.25, 0.3) is 17.2 Å². The average Bonchev–Trinajstić information content (AvgIpc) is 2.89. The van der Waals surface area contributed by atoms with Gasteiger partial charge in [-0.3, -0.25) is 19.8 Å². The quantitative estimate of drug-likeness (QED) is 0.206. The van der Waals surface area contributed by atoms with Crippen LogP contribution in [-0.4, -0.2) is 16.9 Å². The van der Waals surface area contributed by atoms with Crippen LogP contribution in [0.5, 0.6) is 11.5 Å². The molecule has 4 aromatic carbocycles. The van der Waals surface area contributed by atoms with Gasteiger partial charge in [0, 0.05) is 0 Å². The third kappa shape index (κ3) is 4.78. The van der Waals surface area contributed by atoms with Crippen LogP contribution in [-0.2, 0) is 9.59 Å². The van der Waals surface area contributed by atoms with Crippen molar-refractivity contribution in [3.05, 3.63) is 120 Å². The Bertz CT molecular complexity index is 1480. The van der Waals surface area contributed by atoms with Gasteiger partial charge >= 0.3 is 0 Å². The Morgan fingerprint density at radius 1 is 0.778 bits per heavy atom. The molecule has 0 radical (unpaired) electrons. The number of anilines is 1. The maximum atomic E-state index is 13.4. The predicted molar refractivity (Wildman–Crippen MR) is 141 cm³/mol. The van der Waals surface area contributed by atoms with Crippen LogP contribution >= 0.6 is 12.2 Å². The summed E-state index contributed by atoms with van der Waals surface area (Å²) in [6, 6.07) is 29.5. The molecule has 4 aromatic rings. The lowest BCUT2D eigenvalue weighted by atomic mass is 9.97. The van der Waals surface area contributed by atoms with Gasteiger partial charge in [0.2, 0.25) is 0 Å².